The maximum absolute atomic E-state index is 11.9. The molecule has 2 aromatic rings. The number of halogens is 1. The summed E-state index contributed by atoms with van der Waals surface area (Å²) in [6.45, 7) is 4.28. The largest absolute Gasteiger partial charge is 0.331 e. The quantitative estimate of drug-likeness (QED) is 0.578. The molecule has 0 spiro atoms. The molecule has 0 aromatic heterocycles. The van der Waals surface area contributed by atoms with Gasteiger partial charge in [0.1, 0.15) is 0 Å². The summed E-state index contributed by atoms with van der Waals surface area (Å²) in [5.41, 5.74) is 7.80. The molecule has 4 nitrogen and oxygen atoms in total. The topological polar surface area (TPSA) is 53.2 Å². The molecule has 0 heterocycles. The van der Waals surface area contributed by atoms with E-state index in [0.29, 0.717) is 21.6 Å². The minimum Gasteiger partial charge on any atom is -0.331 e. The summed E-state index contributed by atoms with van der Waals surface area (Å²) in [4.78, 5) is 11.9. The monoisotopic (exact) mass is 347 g/mol. The van der Waals surface area contributed by atoms with Gasteiger partial charge in [-0.3, -0.25) is 15.6 Å². The molecule has 0 aliphatic carbocycles. The SMILES string of the molecule is CC(C)c1ccc(NC(=S)NNC(=O)c2ccc(Cl)cc2)cc1. The van der Waals surface area contributed by atoms with Crippen LogP contribution in [0.1, 0.15) is 35.7 Å². The molecule has 3 N–H and O–H groups in total. The zero-order valence-electron chi connectivity index (χ0n) is 12.9. The van der Waals surface area contributed by atoms with Crippen molar-refractivity contribution in [3.05, 3.63) is 64.7 Å². The Morgan fingerprint density at radius 2 is 1.61 bits per heavy atom. The first-order valence-electron chi connectivity index (χ1n) is 7.18. The van der Waals surface area contributed by atoms with E-state index in [1.807, 2.05) is 24.3 Å². The number of anilines is 1. The number of thiocarbonyl (C=S) groups is 1. The van der Waals surface area contributed by atoms with Crippen molar-refractivity contribution in [3.8, 4) is 0 Å². The van der Waals surface area contributed by atoms with Crippen LogP contribution in [0.15, 0.2) is 48.5 Å². The van der Waals surface area contributed by atoms with E-state index in [0.717, 1.165) is 5.69 Å². The number of hydrazine groups is 1. The van der Waals surface area contributed by atoms with Gasteiger partial charge in [0, 0.05) is 16.3 Å². The first kappa shape index (κ1) is 17.2. The standard InChI is InChI=1S/C17H18ClN3OS/c1-11(2)12-5-9-15(10-6-12)19-17(23)21-20-16(22)13-3-7-14(18)8-4-13/h3-11H,1-2H3,(H,20,22)(H2,19,21,23). The van der Waals surface area contributed by atoms with Crippen molar-refractivity contribution in [1.82, 2.24) is 10.9 Å². The van der Waals surface area contributed by atoms with Gasteiger partial charge < -0.3 is 5.32 Å². The van der Waals surface area contributed by atoms with E-state index in [2.05, 4.69) is 30.0 Å². The zero-order chi connectivity index (χ0) is 16.8. The number of hydrogen-bond acceptors (Lipinski definition) is 2. The predicted octanol–water partition coefficient (Wildman–Crippen LogP) is 4.09. The third-order valence-corrected chi connectivity index (χ3v) is 3.69. The van der Waals surface area contributed by atoms with E-state index in [9.17, 15) is 4.79 Å². The molecule has 0 saturated carbocycles. The second-order valence-corrected chi connectivity index (χ2v) is 6.16. The van der Waals surface area contributed by atoms with Gasteiger partial charge in [0.05, 0.1) is 0 Å². The number of rotatable bonds is 3. The minimum atomic E-state index is -0.291. The second kappa shape index (κ2) is 7.94. The Balaban J connectivity index is 1.85. The van der Waals surface area contributed by atoms with Crippen LogP contribution in [0, 0.1) is 0 Å². The van der Waals surface area contributed by atoms with E-state index in [1.165, 1.54) is 5.56 Å². The molecular weight excluding hydrogens is 330 g/mol. The molecule has 0 aliphatic heterocycles. The van der Waals surface area contributed by atoms with Gasteiger partial charge in [-0.15, -0.1) is 0 Å². The van der Waals surface area contributed by atoms with Gasteiger partial charge in [-0.05, 0) is 60.1 Å². The number of amides is 1. The number of carbonyl (C=O) groups is 1. The molecular formula is C17H18ClN3OS. The van der Waals surface area contributed by atoms with E-state index >= 15 is 0 Å². The maximum Gasteiger partial charge on any atom is 0.269 e. The smallest absolute Gasteiger partial charge is 0.269 e. The fourth-order valence-electron chi connectivity index (χ4n) is 1.90. The molecule has 0 radical (unpaired) electrons. The van der Waals surface area contributed by atoms with Crippen LogP contribution in [0.5, 0.6) is 0 Å². The molecule has 0 atom stereocenters. The van der Waals surface area contributed by atoms with Gasteiger partial charge in [-0.1, -0.05) is 37.6 Å². The molecule has 0 bridgehead atoms. The summed E-state index contributed by atoms with van der Waals surface area (Å²) in [5.74, 6) is 0.189. The Kier molecular flexibility index (Phi) is 5.96. The number of carbonyl (C=O) groups excluding carboxylic acids is 1. The molecule has 0 aliphatic rings. The van der Waals surface area contributed by atoms with Gasteiger partial charge in [0.2, 0.25) is 0 Å². The Bertz CT molecular complexity index is 684. The number of hydrogen-bond donors (Lipinski definition) is 3. The van der Waals surface area contributed by atoms with E-state index in [4.69, 9.17) is 23.8 Å². The first-order chi connectivity index (χ1) is 11.0. The van der Waals surface area contributed by atoms with Gasteiger partial charge in [0.15, 0.2) is 5.11 Å². The maximum atomic E-state index is 11.9. The van der Waals surface area contributed by atoms with E-state index in [1.54, 1.807) is 24.3 Å². The highest BCUT2D eigenvalue weighted by molar-refractivity contribution is 7.80. The van der Waals surface area contributed by atoms with Gasteiger partial charge in [0.25, 0.3) is 5.91 Å². The minimum absolute atomic E-state index is 0.291. The van der Waals surface area contributed by atoms with Crippen LogP contribution in [0.25, 0.3) is 0 Å². The normalized spacial score (nSPS) is 10.3. The molecule has 2 rings (SSSR count). The molecule has 23 heavy (non-hydrogen) atoms. The Morgan fingerprint density at radius 1 is 1.00 bits per heavy atom. The lowest BCUT2D eigenvalue weighted by molar-refractivity contribution is 0.0944. The van der Waals surface area contributed by atoms with Gasteiger partial charge in [-0.25, -0.2) is 0 Å². The van der Waals surface area contributed by atoms with Crippen molar-refractivity contribution >= 4 is 40.5 Å². The van der Waals surface area contributed by atoms with Crippen molar-refractivity contribution in [2.75, 3.05) is 5.32 Å². The van der Waals surface area contributed by atoms with Crippen molar-refractivity contribution in [2.24, 2.45) is 0 Å². The predicted molar refractivity (Wildman–Crippen MR) is 98.8 cm³/mol. The summed E-state index contributed by atoms with van der Waals surface area (Å²) in [7, 11) is 0. The summed E-state index contributed by atoms with van der Waals surface area (Å²) in [5, 5.41) is 3.90. The summed E-state index contributed by atoms with van der Waals surface area (Å²) in [6.07, 6.45) is 0. The molecule has 1 amide bonds. The summed E-state index contributed by atoms with van der Waals surface area (Å²) < 4.78 is 0. The fourth-order valence-corrected chi connectivity index (χ4v) is 2.20. The third kappa shape index (κ3) is 5.23. The lowest BCUT2D eigenvalue weighted by Crippen LogP contribution is -2.43. The Labute approximate surface area is 146 Å². The Hall–Kier alpha value is -2.11. The molecule has 2 aromatic carbocycles. The second-order valence-electron chi connectivity index (χ2n) is 5.32. The molecule has 0 fully saturated rings. The van der Waals surface area contributed by atoms with Crippen LogP contribution >= 0.6 is 23.8 Å². The lowest BCUT2D eigenvalue weighted by atomic mass is 10.0. The summed E-state index contributed by atoms with van der Waals surface area (Å²) in [6, 6.07) is 14.6. The van der Waals surface area contributed by atoms with Crippen molar-refractivity contribution in [3.63, 3.8) is 0 Å². The first-order valence-corrected chi connectivity index (χ1v) is 7.97. The molecule has 120 valence electrons. The highest BCUT2D eigenvalue weighted by atomic mass is 35.5. The number of nitrogens with one attached hydrogen (secondary N) is 3. The average molecular weight is 348 g/mol. The fraction of sp³-hybridized carbons (Fsp3) is 0.176. The Morgan fingerprint density at radius 3 is 2.17 bits per heavy atom. The van der Waals surface area contributed by atoms with Crippen molar-refractivity contribution in [1.29, 1.82) is 0 Å². The molecule has 0 saturated heterocycles. The van der Waals surface area contributed by atoms with Crippen molar-refractivity contribution < 1.29 is 4.79 Å². The van der Waals surface area contributed by atoms with Crippen LogP contribution in [-0.2, 0) is 0 Å². The average Bonchev–Trinajstić information content (AvgIpc) is 2.54. The van der Waals surface area contributed by atoms with Gasteiger partial charge >= 0.3 is 0 Å². The lowest BCUT2D eigenvalue weighted by Gasteiger charge is -2.12. The van der Waals surface area contributed by atoms with Crippen LogP contribution < -0.4 is 16.2 Å². The summed E-state index contributed by atoms with van der Waals surface area (Å²) >= 11 is 10.9. The van der Waals surface area contributed by atoms with E-state index < -0.39 is 0 Å². The highest BCUT2D eigenvalue weighted by Gasteiger charge is 2.06. The molecule has 0 unspecified atom stereocenters. The van der Waals surface area contributed by atoms with Crippen molar-refractivity contribution in [2.45, 2.75) is 19.8 Å². The third-order valence-electron chi connectivity index (χ3n) is 3.23. The van der Waals surface area contributed by atoms with Crippen LogP contribution in [0.4, 0.5) is 5.69 Å². The number of benzene rings is 2. The van der Waals surface area contributed by atoms with E-state index in [-0.39, 0.29) is 5.91 Å². The molecule has 6 heteroatoms. The van der Waals surface area contributed by atoms with Crippen LogP contribution in [-0.4, -0.2) is 11.0 Å². The van der Waals surface area contributed by atoms with Gasteiger partial charge in [-0.2, -0.15) is 0 Å². The highest BCUT2D eigenvalue weighted by Crippen LogP contribution is 2.17. The zero-order valence-corrected chi connectivity index (χ0v) is 14.5. The van der Waals surface area contributed by atoms with Crippen LogP contribution in [0.2, 0.25) is 5.02 Å². The van der Waals surface area contributed by atoms with Crippen LogP contribution in [0.3, 0.4) is 0 Å².